The van der Waals surface area contributed by atoms with Crippen molar-refractivity contribution in [1.29, 1.82) is 0 Å². The van der Waals surface area contributed by atoms with Gasteiger partial charge in [0.15, 0.2) is 0 Å². The molecular weight excluding hydrogens is 336 g/mol. The van der Waals surface area contributed by atoms with E-state index in [2.05, 4.69) is 44.7 Å². The lowest BCUT2D eigenvalue weighted by molar-refractivity contribution is -0.133. The number of amides is 1. The molecule has 2 rings (SSSR count). The van der Waals surface area contributed by atoms with Gasteiger partial charge in [0.05, 0.1) is 17.9 Å². The van der Waals surface area contributed by atoms with Crippen molar-refractivity contribution in [3.05, 3.63) is 41.6 Å². The highest BCUT2D eigenvalue weighted by atomic mass is 16.2. The fraction of sp³-hybridized carbons (Fsp3) is 0.545. The zero-order chi connectivity index (χ0) is 20.1. The van der Waals surface area contributed by atoms with E-state index < -0.39 is 0 Å². The molecule has 0 fully saturated rings. The molecule has 148 valence electrons. The Morgan fingerprint density at radius 3 is 2.22 bits per heavy atom. The van der Waals surface area contributed by atoms with E-state index in [1.165, 1.54) is 0 Å². The van der Waals surface area contributed by atoms with Crippen LogP contribution in [-0.4, -0.2) is 40.7 Å². The van der Waals surface area contributed by atoms with Crippen molar-refractivity contribution in [2.45, 2.75) is 66.0 Å². The van der Waals surface area contributed by atoms with E-state index in [1.54, 1.807) is 0 Å². The highest BCUT2D eigenvalue weighted by molar-refractivity contribution is 5.76. The highest BCUT2D eigenvalue weighted by Crippen LogP contribution is 2.32. The van der Waals surface area contributed by atoms with Crippen LogP contribution >= 0.6 is 0 Å². The van der Waals surface area contributed by atoms with E-state index in [1.807, 2.05) is 48.8 Å². The van der Waals surface area contributed by atoms with Crippen molar-refractivity contribution in [2.24, 2.45) is 0 Å². The second-order valence-electron chi connectivity index (χ2n) is 7.62. The summed E-state index contributed by atoms with van der Waals surface area (Å²) in [6, 6.07) is 10.4. The van der Waals surface area contributed by atoms with Gasteiger partial charge < -0.3 is 9.80 Å². The van der Waals surface area contributed by atoms with Gasteiger partial charge in [-0.1, -0.05) is 45.9 Å². The first-order chi connectivity index (χ1) is 12.8. The summed E-state index contributed by atoms with van der Waals surface area (Å²) >= 11 is 0. The van der Waals surface area contributed by atoms with E-state index in [9.17, 15) is 4.79 Å². The summed E-state index contributed by atoms with van der Waals surface area (Å²) in [6.45, 7) is 11.1. The van der Waals surface area contributed by atoms with Crippen LogP contribution in [0.2, 0.25) is 0 Å². The van der Waals surface area contributed by atoms with Crippen molar-refractivity contribution in [3.8, 4) is 5.69 Å². The maximum atomic E-state index is 12.6. The number of carbonyl (C=O) groups excluding carboxylic acids is 1. The molecule has 5 heteroatoms. The topological polar surface area (TPSA) is 41.4 Å². The third kappa shape index (κ3) is 4.52. The molecule has 2 aromatic rings. The number of para-hydroxylation sites is 1. The fourth-order valence-electron chi connectivity index (χ4n) is 3.37. The molecule has 1 atom stereocenters. The molecule has 0 saturated heterocycles. The van der Waals surface area contributed by atoms with Crippen LogP contribution in [0.15, 0.2) is 30.3 Å². The third-order valence-corrected chi connectivity index (χ3v) is 5.03. The zero-order valence-corrected chi connectivity index (χ0v) is 17.9. The molecule has 1 heterocycles. The third-order valence-electron chi connectivity index (χ3n) is 5.03. The lowest BCUT2D eigenvalue weighted by Crippen LogP contribution is -2.38. The normalized spacial score (nSPS) is 12.3. The Kier molecular flexibility index (Phi) is 7.05. The summed E-state index contributed by atoms with van der Waals surface area (Å²) in [5.41, 5.74) is 3.23. The summed E-state index contributed by atoms with van der Waals surface area (Å²) in [7, 11) is 4.08. The minimum absolute atomic E-state index is 0.191. The SMILES string of the molecule is CCC(=O)N(Cc1c(C(C)C)nn(-c2ccccc2)c1N(C)C)C(C)CC. The Hall–Kier alpha value is -2.30. The van der Waals surface area contributed by atoms with E-state index >= 15 is 0 Å². The van der Waals surface area contributed by atoms with E-state index in [0.717, 1.165) is 29.2 Å². The number of anilines is 1. The average Bonchev–Trinajstić information content (AvgIpc) is 3.05. The molecule has 1 unspecified atom stereocenters. The molecule has 0 radical (unpaired) electrons. The second kappa shape index (κ2) is 9.07. The van der Waals surface area contributed by atoms with Gasteiger partial charge in [-0.15, -0.1) is 0 Å². The smallest absolute Gasteiger partial charge is 0.222 e. The summed E-state index contributed by atoms with van der Waals surface area (Å²) in [5.74, 6) is 1.51. The molecular formula is C22H34N4O. The van der Waals surface area contributed by atoms with Crippen LogP contribution in [0.1, 0.15) is 64.6 Å². The van der Waals surface area contributed by atoms with Gasteiger partial charge in [0.2, 0.25) is 5.91 Å². The Morgan fingerprint density at radius 1 is 1.11 bits per heavy atom. The lowest BCUT2D eigenvalue weighted by Gasteiger charge is -2.30. The molecule has 0 aliphatic carbocycles. The first kappa shape index (κ1) is 21.0. The van der Waals surface area contributed by atoms with Gasteiger partial charge in [-0.2, -0.15) is 5.10 Å². The van der Waals surface area contributed by atoms with Crippen LogP contribution in [0.5, 0.6) is 0 Å². The molecule has 0 bridgehead atoms. The molecule has 0 N–H and O–H groups in total. The number of hydrogen-bond acceptors (Lipinski definition) is 3. The van der Waals surface area contributed by atoms with Crippen LogP contribution in [0.3, 0.4) is 0 Å². The summed E-state index contributed by atoms with van der Waals surface area (Å²) in [5, 5.41) is 4.96. The van der Waals surface area contributed by atoms with Crippen LogP contribution in [0.25, 0.3) is 5.69 Å². The van der Waals surface area contributed by atoms with E-state index in [4.69, 9.17) is 5.10 Å². The predicted octanol–water partition coefficient (Wildman–Crippen LogP) is 4.60. The molecule has 5 nitrogen and oxygen atoms in total. The molecule has 0 aliphatic rings. The Bertz CT molecular complexity index is 749. The van der Waals surface area contributed by atoms with Gasteiger partial charge in [-0.3, -0.25) is 4.79 Å². The molecule has 0 saturated carbocycles. The van der Waals surface area contributed by atoms with Crippen LogP contribution in [0.4, 0.5) is 5.82 Å². The van der Waals surface area contributed by atoms with Gasteiger partial charge in [-0.25, -0.2) is 4.68 Å². The van der Waals surface area contributed by atoms with Gasteiger partial charge in [-0.05, 0) is 31.4 Å². The van der Waals surface area contributed by atoms with Crippen LogP contribution in [0, 0.1) is 0 Å². The standard InChI is InChI=1S/C22H34N4O/c1-8-17(5)25(20(27)9-2)15-19-21(16(3)4)23-26(22(19)24(6)7)18-13-11-10-12-14-18/h10-14,16-17H,8-9,15H2,1-7H3. The lowest BCUT2D eigenvalue weighted by atomic mass is 10.0. The summed E-state index contributed by atoms with van der Waals surface area (Å²) < 4.78 is 2.01. The quantitative estimate of drug-likeness (QED) is 0.682. The Labute approximate surface area is 164 Å². The fourth-order valence-corrected chi connectivity index (χ4v) is 3.37. The highest BCUT2D eigenvalue weighted by Gasteiger charge is 2.27. The first-order valence-corrected chi connectivity index (χ1v) is 9.95. The molecule has 1 aromatic carbocycles. The number of benzene rings is 1. The number of carbonyl (C=O) groups is 1. The monoisotopic (exact) mass is 370 g/mol. The van der Waals surface area contributed by atoms with Crippen molar-refractivity contribution in [1.82, 2.24) is 14.7 Å². The minimum atomic E-state index is 0.191. The van der Waals surface area contributed by atoms with Crippen molar-refractivity contribution in [2.75, 3.05) is 19.0 Å². The molecule has 1 amide bonds. The van der Waals surface area contributed by atoms with E-state index in [-0.39, 0.29) is 17.9 Å². The van der Waals surface area contributed by atoms with Crippen molar-refractivity contribution in [3.63, 3.8) is 0 Å². The molecule has 1 aromatic heterocycles. The van der Waals surface area contributed by atoms with E-state index in [0.29, 0.717) is 13.0 Å². The average molecular weight is 371 g/mol. The molecule has 27 heavy (non-hydrogen) atoms. The number of aromatic nitrogens is 2. The van der Waals surface area contributed by atoms with Crippen LogP contribution < -0.4 is 4.90 Å². The number of nitrogens with zero attached hydrogens (tertiary/aromatic N) is 4. The second-order valence-corrected chi connectivity index (χ2v) is 7.62. The number of rotatable bonds is 8. The van der Waals surface area contributed by atoms with Gasteiger partial charge in [0, 0.05) is 32.1 Å². The zero-order valence-electron chi connectivity index (χ0n) is 17.9. The van der Waals surface area contributed by atoms with Crippen LogP contribution in [-0.2, 0) is 11.3 Å². The first-order valence-electron chi connectivity index (χ1n) is 9.95. The van der Waals surface area contributed by atoms with Gasteiger partial charge >= 0.3 is 0 Å². The predicted molar refractivity (Wildman–Crippen MR) is 113 cm³/mol. The molecule has 0 spiro atoms. The Morgan fingerprint density at radius 2 is 1.74 bits per heavy atom. The Balaban J connectivity index is 2.62. The summed E-state index contributed by atoms with van der Waals surface area (Å²) in [6.07, 6.45) is 1.46. The maximum absolute atomic E-state index is 12.6. The maximum Gasteiger partial charge on any atom is 0.222 e. The van der Waals surface area contributed by atoms with Crippen molar-refractivity contribution >= 4 is 11.7 Å². The summed E-state index contributed by atoms with van der Waals surface area (Å²) in [4.78, 5) is 16.7. The minimum Gasteiger partial charge on any atom is -0.362 e. The van der Waals surface area contributed by atoms with Gasteiger partial charge in [0.25, 0.3) is 0 Å². The molecule has 0 aliphatic heterocycles. The van der Waals surface area contributed by atoms with Crippen molar-refractivity contribution < 1.29 is 4.79 Å². The largest absolute Gasteiger partial charge is 0.362 e. The number of hydrogen-bond donors (Lipinski definition) is 0. The van der Waals surface area contributed by atoms with Gasteiger partial charge in [0.1, 0.15) is 5.82 Å².